The van der Waals surface area contributed by atoms with Crippen molar-refractivity contribution < 1.29 is 18.7 Å². The van der Waals surface area contributed by atoms with Gasteiger partial charge in [-0.25, -0.2) is 0 Å². The summed E-state index contributed by atoms with van der Waals surface area (Å²) in [5.74, 6) is -0.111. The lowest BCUT2D eigenvalue weighted by atomic mass is 10.1. The van der Waals surface area contributed by atoms with Gasteiger partial charge < -0.3 is 19.8 Å². The molecule has 2 amide bonds. The van der Waals surface area contributed by atoms with Gasteiger partial charge in [-0.15, -0.1) is 0 Å². The Bertz CT molecular complexity index is 987. The molecule has 28 heavy (non-hydrogen) atoms. The topological polar surface area (TPSA) is 80.6 Å². The Labute approximate surface area is 163 Å². The molecule has 0 aliphatic heterocycles. The molecule has 0 spiro atoms. The van der Waals surface area contributed by atoms with Crippen LogP contribution in [0.5, 0.6) is 5.75 Å². The Morgan fingerprint density at radius 2 is 1.64 bits per heavy atom. The molecular weight excluding hydrogens is 356 g/mol. The summed E-state index contributed by atoms with van der Waals surface area (Å²) in [6.45, 7) is 7.28. The lowest BCUT2D eigenvalue weighted by Gasteiger charge is -2.20. The second-order valence-electron chi connectivity index (χ2n) is 7.57. The molecular formula is C22H24N2O4. The second-order valence-corrected chi connectivity index (χ2v) is 7.57. The minimum atomic E-state index is -0.755. The Morgan fingerprint density at radius 1 is 1.00 bits per heavy atom. The van der Waals surface area contributed by atoms with Gasteiger partial charge in [0.2, 0.25) is 5.76 Å². The predicted molar refractivity (Wildman–Crippen MR) is 109 cm³/mol. The summed E-state index contributed by atoms with van der Waals surface area (Å²) in [4.78, 5) is 25.4. The van der Waals surface area contributed by atoms with Gasteiger partial charge in [-0.2, -0.15) is 0 Å². The maximum Gasteiger partial charge on any atom is 0.289 e. The number of rotatable bonds is 5. The quantitative estimate of drug-likeness (QED) is 0.689. The fourth-order valence-electron chi connectivity index (χ4n) is 2.71. The smallest absolute Gasteiger partial charge is 0.289 e. The molecule has 1 aromatic heterocycles. The zero-order valence-electron chi connectivity index (χ0n) is 16.4. The Hall–Kier alpha value is -3.28. The number of carbonyl (C=O) groups excluding carboxylic acids is 2. The van der Waals surface area contributed by atoms with E-state index in [1.807, 2.05) is 51.1 Å². The first-order valence-electron chi connectivity index (χ1n) is 9.11. The second kappa shape index (κ2) is 7.76. The number of para-hydroxylation sites is 2. The van der Waals surface area contributed by atoms with Crippen molar-refractivity contribution in [2.75, 3.05) is 5.32 Å². The standard InChI is InChI=1S/C22H24N2O4/c1-14(27-15-10-6-5-7-11-15)20(25)23-18-16-12-8-9-13-17(16)28-19(18)21(26)24-22(2,3)4/h5-14H,1-4H3,(H,23,25)(H,24,26)/t14-/m1/s1. The van der Waals surface area contributed by atoms with Gasteiger partial charge in [-0.05, 0) is 52.0 Å². The van der Waals surface area contributed by atoms with E-state index in [-0.39, 0.29) is 11.7 Å². The highest BCUT2D eigenvalue weighted by Gasteiger charge is 2.26. The third kappa shape index (κ3) is 4.52. The summed E-state index contributed by atoms with van der Waals surface area (Å²) in [6, 6.07) is 16.3. The molecule has 0 aliphatic carbocycles. The molecule has 0 unspecified atom stereocenters. The van der Waals surface area contributed by atoms with E-state index in [4.69, 9.17) is 9.15 Å². The number of ether oxygens (including phenoxy) is 1. The molecule has 1 heterocycles. The number of hydrogen-bond acceptors (Lipinski definition) is 4. The molecule has 6 nitrogen and oxygen atoms in total. The maximum atomic E-state index is 12.7. The van der Waals surface area contributed by atoms with Crippen molar-refractivity contribution >= 4 is 28.5 Å². The molecule has 1 atom stereocenters. The fraction of sp³-hybridized carbons (Fsp3) is 0.273. The average molecular weight is 380 g/mol. The van der Waals surface area contributed by atoms with Crippen molar-refractivity contribution in [3.63, 3.8) is 0 Å². The van der Waals surface area contributed by atoms with E-state index in [0.29, 0.717) is 22.4 Å². The van der Waals surface area contributed by atoms with E-state index in [2.05, 4.69) is 10.6 Å². The highest BCUT2D eigenvalue weighted by molar-refractivity contribution is 6.11. The van der Waals surface area contributed by atoms with Gasteiger partial charge in [0.05, 0.1) is 0 Å². The van der Waals surface area contributed by atoms with E-state index in [1.54, 1.807) is 31.2 Å². The van der Waals surface area contributed by atoms with Crippen molar-refractivity contribution in [3.05, 3.63) is 60.4 Å². The third-order valence-corrected chi connectivity index (χ3v) is 3.96. The lowest BCUT2D eigenvalue weighted by Crippen LogP contribution is -2.41. The van der Waals surface area contributed by atoms with Gasteiger partial charge in [0.15, 0.2) is 6.10 Å². The van der Waals surface area contributed by atoms with Crippen LogP contribution in [0.4, 0.5) is 5.69 Å². The molecule has 0 saturated heterocycles. The zero-order valence-corrected chi connectivity index (χ0v) is 16.4. The number of furan rings is 1. The van der Waals surface area contributed by atoms with Gasteiger partial charge in [0, 0.05) is 10.9 Å². The molecule has 3 rings (SSSR count). The van der Waals surface area contributed by atoms with Crippen LogP contribution in [0, 0.1) is 0 Å². The Morgan fingerprint density at radius 3 is 2.32 bits per heavy atom. The minimum absolute atomic E-state index is 0.0661. The number of carbonyl (C=O) groups is 2. The molecule has 146 valence electrons. The van der Waals surface area contributed by atoms with Crippen LogP contribution in [-0.4, -0.2) is 23.5 Å². The van der Waals surface area contributed by atoms with Crippen LogP contribution in [0.15, 0.2) is 59.0 Å². The van der Waals surface area contributed by atoms with Gasteiger partial charge >= 0.3 is 0 Å². The highest BCUT2D eigenvalue weighted by atomic mass is 16.5. The van der Waals surface area contributed by atoms with Crippen molar-refractivity contribution in [3.8, 4) is 5.75 Å². The van der Waals surface area contributed by atoms with Crippen LogP contribution in [0.2, 0.25) is 0 Å². The van der Waals surface area contributed by atoms with Crippen LogP contribution in [0.3, 0.4) is 0 Å². The molecule has 0 saturated carbocycles. The first kappa shape index (κ1) is 19.5. The summed E-state index contributed by atoms with van der Waals surface area (Å²) >= 11 is 0. The minimum Gasteiger partial charge on any atom is -0.481 e. The van der Waals surface area contributed by atoms with Gasteiger partial charge in [-0.1, -0.05) is 30.3 Å². The molecule has 0 aliphatic rings. The maximum absolute atomic E-state index is 12.7. The Kier molecular flexibility index (Phi) is 5.40. The first-order valence-corrected chi connectivity index (χ1v) is 9.11. The predicted octanol–water partition coefficient (Wildman–Crippen LogP) is 4.37. The first-order chi connectivity index (χ1) is 13.2. The largest absolute Gasteiger partial charge is 0.481 e. The molecule has 0 bridgehead atoms. The van der Waals surface area contributed by atoms with Crippen molar-refractivity contribution in [1.29, 1.82) is 0 Å². The highest BCUT2D eigenvalue weighted by Crippen LogP contribution is 2.31. The van der Waals surface area contributed by atoms with E-state index in [9.17, 15) is 9.59 Å². The number of fused-ring (bicyclic) bond motifs is 1. The Balaban J connectivity index is 1.87. The van der Waals surface area contributed by atoms with Crippen molar-refractivity contribution in [2.45, 2.75) is 39.3 Å². The summed E-state index contributed by atoms with van der Waals surface area (Å²) in [5.41, 5.74) is 0.417. The van der Waals surface area contributed by atoms with Crippen LogP contribution in [-0.2, 0) is 4.79 Å². The van der Waals surface area contributed by atoms with Gasteiger partial charge in [0.25, 0.3) is 11.8 Å². The zero-order chi connectivity index (χ0) is 20.3. The van der Waals surface area contributed by atoms with Gasteiger partial charge in [-0.3, -0.25) is 9.59 Å². The fourth-order valence-corrected chi connectivity index (χ4v) is 2.71. The molecule has 0 fully saturated rings. The van der Waals surface area contributed by atoms with E-state index in [1.165, 1.54) is 0 Å². The lowest BCUT2D eigenvalue weighted by molar-refractivity contribution is -0.122. The van der Waals surface area contributed by atoms with Crippen LogP contribution >= 0.6 is 0 Å². The molecule has 0 radical (unpaired) electrons. The summed E-state index contributed by atoms with van der Waals surface area (Å²) < 4.78 is 11.4. The molecule has 2 N–H and O–H groups in total. The van der Waals surface area contributed by atoms with Gasteiger partial charge in [0.1, 0.15) is 17.0 Å². The van der Waals surface area contributed by atoms with E-state index >= 15 is 0 Å². The number of benzene rings is 2. The summed E-state index contributed by atoms with van der Waals surface area (Å²) in [5, 5.41) is 6.32. The number of anilines is 1. The number of amides is 2. The van der Waals surface area contributed by atoms with Crippen molar-refractivity contribution in [1.82, 2.24) is 5.32 Å². The molecule has 2 aromatic carbocycles. The van der Waals surface area contributed by atoms with Crippen LogP contribution in [0.25, 0.3) is 11.0 Å². The summed E-state index contributed by atoms with van der Waals surface area (Å²) in [7, 11) is 0. The SMILES string of the molecule is C[C@@H](Oc1ccccc1)C(=O)Nc1c(C(=O)NC(C)(C)C)oc2ccccc12. The molecule has 6 heteroatoms. The van der Waals surface area contributed by atoms with E-state index in [0.717, 1.165) is 0 Å². The normalized spacial score (nSPS) is 12.4. The third-order valence-electron chi connectivity index (χ3n) is 3.96. The number of hydrogen-bond donors (Lipinski definition) is 2. The molecule has 3 aromatic rings. The number of nitrogens with one attached hydrogen (secondary N) is 2. The van der Waals surface area contributed by atoms with Crippen LogP contribution < -0.4 is 15.4 Å². The monoisotopic (exact) mass is 380 g/mol. The van der Waals surface area contributed by atoms with Crippen LogP contribution in [0.1, 0.15) is 38.2 Å². The summed E-state index contributed by atoms with van der Waals surface area (Å²) in [6.07, 6.45) is -0.755. The van der Waals surface area contributed by atoms with Crippen molar-refractivity contribution in [2.24, 2.45) is 0 Å². The van der Waals surface area contributed by atoms with E-state index < -0.39 is 17.6 Å². The average Bonchev–Trinajstić information content (AvgIpc) is 3.00.